The zero-order valence-electron chi connectivity index (χ0n) is 7.49. The number of aliphatic hydroxyl groups excluding tert-OH is 1. The summed E-state index contributed by atoms with van der Waals surface area (Å²) in [6, 6.07) is 0. The SMILES string of the molecule is C#CCC[C@@]1(C(=O)O)CCC[C@@H]1O. The van der Waals surface area contributed by atoms with Crippen molar-refractivity contribution in [2.45, 2.75) is 38.2 Å². The molecule has 2 atom stereocenters. The van der Waals surface area contributed by atoms with Gasteiger partial charge in [0.25, 0.3) is 0 Å². The minimum absolute atomic E-state index is 0.389. The van der Waals surface area contributed by atoms with Gasteiger partial charge in [0.2, 0.25) is 0 Å². The van der Waals surface area contributed by atoms with E-state index in [-0.39, 0.29) is 0 Å². The fraction of sp³-hybridized carbons (Fsp3) is 0.700. The van der Waals surface area contributed by atoms with Gasteiger partial charge in [0.15, 0.2) is 0 Å². The van der Waals surface area contributed by atoms with Crippen molar-refractivity contribution >= 4 is 5.97 Å². The molecule has 3 heteroatoms. The summed E-state index contributed by atoms with van der Waals surface area (Å²) in [6.07, 6.45) is 7.07. The van der Waals surface area contributed by atoms with Crippen LogP contribution in [0.3, 0.4) is 0 Å². The largest absolute Gasteiger partial charge is 0.481 e. The van der Waals surface area contributed by atoms with Crippen molar-refractivity contribution in [1.29, 1.82) is 0 Å². The number of carbonyl (C=O) groups is 1. The van der Waals surface area contributed by atoms with Crippen molar-refractivity contribution in [2.24, 2.45) is 5.41 Å². The molecule has 0 unspecified atom stereocenters. The van der Waals surface area contributed by atoms with E-state index in [1.54, 1.807) is 0 Å². The van der Waals surface area contributed by atoms with Crippen molar-refractivity contribution in [2.75, 3.05) is 0 Å². The first-order valence-electron chi connectivity index (χ1n) is 4.48. The zero-order chi connectivity index (χ0) is 9.90. The molecule has 72 valence electrons. The molecule has 0 heterocycles. The summed E-state index contributed by atoms with van der Waals surface area (Å²) in [7, 11) is 0. The lowest BCUT2D eigenvalue weighted by Gasteiger charge is -2.26. The maximum atomic E-state index is 11.0. The Balaban J connectivity index is 2.76. The van der Waals surface area contributed by atoms with Gasteiger partial charge in [-0.2, -0.15) is 0 Å². The highest BCUT2D eigenvalue weighted by molar-refractivity contribution is 5.75. The second-order valence-electron chi connectivity index (χ2n) is 3.57. The third-order valence-corrected chi connectivity index (χ3v) is 2.88. The highest BCUT2D eigenvalue weighted by atomic mass is 16.4. The fourth-order valence-electron chi connectivity index (χ4n) is 2.00. The van der Waals surface area contributed by atoms with Crippen molar-refractivity contribution in [3.8, 4) is 12.3 Å². The minimum Gasteiger partial charge on any atom is -0.481 e. The predicted molar refractivity (Wildman–Crippen MR) is 48.0 cm³/mol. The van der Waals surface area contributed by atoms with E-state index in [1.165, 1.54) is 0 Å². The molecule has 0 aromatic rings. The summed E-state index contributed by atoms with van der Waals surface area (Å²) in [5.74, 6) is 1.51. The molecule has 2 N–H and O–H groups in total. The molecule has 1 saturated carbocycles. The molecule has 0 aromatic carbocycles. The van der Waals surface area contributed by atoms with Crippen LogP contribution in [0, 0.1) is 17.8 Å². The van der Waals surface area contributed by atoms with Crippen LogP contribution in [0.15, 0.2) is 0 Å². The Kier molecular flexibility index (Phi) is 2.94. The Hall–Kier alpha value is -1.01. The van der Waals surface area contributed by atoms with Gasteiger partial charge in [0, 0.05) is 6.42 Å². The van der Waals surface area contributed by atoms with Crippen molar-refractivity contribution < 1.29 is 15.0 Å². The molecule has 3 nitrogen and oxygen atoms in total. The molecule has 0 aromatic heterocycles. The van der Waals surface area contributed by atoms with E-state index in [2.05, 4.69) is 5.92 Å². The third-order valence-electron chi connectivity index (χ3n) is 2.88. The van der Waals surface area contributed by atoms with E-state index in [9.17, 15) is 9.90 Å². The molecule has 0 saturated heterocycles. The summed E-state index contributed by atoms with van der Waals surface area (Å²) < 4.78 is 0. The molecule has 0 amide bonds. The van der Waals surface area contributed by atoms with E-state index in [4.69, 9.17) is 11.5 Å². The van der Waals surface area contributed by atoms with Gasteiger partial charge in [0.05, 0.1) is 11.5 Å². The fourth-order valence-corrected chi connectivity index (χ4v) is 2.00. The molecule has 13 heavy (non-hydrogen) atoms. The first-order chi connectivity index (χ1) is 6.13. The maximum Gasteiger partial charge on any atom is 0.312 e. The van der Waals surface area contributed by atoms with Crippen LogP contribution < -0.4 is 0 Å². The Labute approximate surface area is 77.8 Å². The number of rotatable bonds is 3. The van der Waals surface area contributed by atoms with E-state index < -0.39 is 17.5 Å². The molecule has 1 fully saturated rings. The Bertz CT molecular complexity index is 241. The number of terminal acetylenes is 1. The Morgan fingerprint density at radius 1 is 1.69 bits per heavy atom. The number of aliphatic carboxylic acids is 1. The van der Waals surface area contributed by atoms with Gasteiger partial charge >= 0.3 is 5.97 Å². The zero-order valence-corrected chi connectivity index (χ0v) is 7.49. The van der Waals surface area contributed by atoms with Crippen LogP contribution >= 0.6 is 0 Å². The van der Waals surface area contributed by atoms with Gasteiger partial charge in [-0.25, -0.2) is 0 Å². The van der Waals surface area contributed by atoms with Crippen LogP contribution in [-0.2, 0) is 4.79 Å². The Morgan fingerprint density at radius 2 is 2.38 bits per heavy atom. The first-order valence-corrected chi connectivity index (χ1v) is 4.48. The number of carboxylic acid groups (broad SMARTS) is 1. The number of hydrogen-bond acceptors (Lipinski definition) is 2. The van der Waals surface area contributed by atoms with Gasteiger partial charge in [-0.15, -0.1) is 12.3 Å². The summed E-state index contributed by atoms with van der Waals surface area (Å²) in [4.78, 5) is 11.0. The van der Waals surface area contributed by atoms with Gasteiger partial charge < -0.3 is 10.2 Å². The van der Waals surface area contributed by atoms with Crippen LogP contribution in [0.1, 0.15) is 32.1 Å². The van der Waals surface area contributed by atoms with E-state index in [0.717, 1.165) is 6.42 Å². The highest BCUT2D eigenvalue weighted by Crippen LogP contribution is 2.42. The molecule has 0 aliphatic heterocycles. The normalized spacial score (nSPS) is 32.8. The summed E-state index contributed by atoms with van der Waals surface area (Å²) in [6.45, 7) is 0. The van der Waals surface area contributed by atoms with Crippen LogP contribution in [0.5, 0.6) is 0 Å². The maximum absolute atomic E-state index is 11.0. The second-order valence-corrected chi connectivity index (χ2v) is 3.57. The summed E-state index contributed by atoms with van der Waals surface area (Å²) in [5.41, 5.74) is -0.966. The molecule has 1 aliphatic carbocycles. The van der Waals surface area contributed by atoms with Crippen LogP contribution in [-0.4, -0.2) is 22.3 Å². The third kappa shape index (κ3) is 1.68. The lowest BCUT2D eigenvalue weighted by Crippen LogP contribution is -2.38. The van der Waals surface area contributed by atoms with Crippen LogP contribution in [0.2, 0.25) is 0 Å². The van der Waals surface area contributed by atoms with Gasteiger partial charge in [0.1, 0.15) is 0 Å². The average molecular weight is 182 g/mol. The summed E-state index contributed by atoms with van der Waals surface area (Å²) >= 11 is 0. The standard InChI is InChI=1S/C10H14O3/c1-2-3-6-10(9(12)13)7-4-5-8(10)11/h1,8,11H,3-7H2,(H,12,13)/t8-,10+/m0/s1. The van der Waals surface area contributed by atoms with Gasteiger partial charge in [-0.1, -0.05) is 0 Å². The van der Waals surface area contributed by atoms with Crippen molar-refractivity contribution in [3.63, 3.8) is 0 Å². The van der Waals surface area contributed by atoms with Crippen LogP contribution in [0.25, 0.3) is 0 Å². The van der Waals surface area contributed by atoms with E-state index >= 15 is 0 Å². The molecule has 0 radical (unpaired) electrons. The molecule has 1 aliphatic rings. The van der Waals surface area contributed by atoms with Gasteiger partial charge in [-0.05, 0) is 25.7 Å². The predicted octanol–water partition coefficient (Wildman–Crippen LogP) is 1.02. The minimum atomic E-state index is -0.966. The molecule has 1 rings (SSSR count). The second kappa shape index (κ2) is 3.80. The number of carboxylic acids is 1. The number of aliphatic hydroxyl groups is 1. The lowest BCUT2D eigenvalue weighted by atomic mass is 9.80. The smallest absolute Gasteiger partial charge is 0.312 e. The molecule has 0 bridgehead atoms. The van der Waals surface area contributed by atoms with Crippen LogP contribution in [0.4, 0.5) is 0 Å². The monoisotopic (exact) mass is 182 g/mol. The molecular weight excluding hydrogens is 168 g/mol. The average Bonchev–Trinajstić information content (AvgIpc) is 2.45. The van der Waals surface area contributed by atoms with E-state index in [1.807, 2.05) is 0 Å². The molecule has 0 spiro atoms. The quantitative estimate of drug-likeness (QED) is 0.640. The summed E-state index contributed by atoms with van der Waals surface area (Å²) in [5, 5.41) is 18.6. The van der Waals surface area contributed by atoms with Crippen molar-refractivity contribution in [1.82, 2.24) is 0 Å². The first kappa shape index (κ1) is 10.1. The lowest BCUT2D eigenvalue weighted by molar-refractivity contribution is -0.155. The topological polar surface area (TPSA) is 57.5 Å². The van der Waals surface area contributed by atoms with Gasteiger partial charge in [-0.3, -0.25) is 4.79 Å². The highest BCUT2D eigenvalue weighted by Gasteiger charge is 2.47. The van der Waals surface area contributed by atoms with E-state index in [0.29, 0.717) is 25.7 Å². The van der Waals surface area contributed by atoms with Crippen molar-refractivity contribution in [3.05, 3.63) is 0 Å². The Morgan fingerprint density at radius 3 is 2.77 bits per heavy atom. The number of hydrogen-bond donors (Lipinski definition) is 2. The molecular formula is C10H14O3.